The van der Waals surface area contributed by atoms with Crippen molar-refractivity contribution >= 4 is 5.91 Å². The number of hydrogen-bond donors (Lipinski definition) is 2. The molecular weight excluding hydrogens is 408 g/mol. The predicted molar refractivity (Wildman–Crippen MR) is 119 cm³/mol. The molecule has 2 N–H and O–H groups in total. The van der Waals surface area contributed by atoms with Crippen molar-refractivity contribution in [3.8, 4) is 17.0 Å². The van der Waals surface area contributed by atoms with Gasteiger partial charge in [-0.05, 0) is 43.2 Å². The van der Waals surface area contributed by atoms with Crippen LogP contribution in [0.3, 0.4) is 0 Å². The van der Waals surface area contributed by atoms with Gasteiger partial charge in [-0.3, -0.25) is 9.78 Å². The zero-order valence-electron chi connectivity index (χ0n) is 17.9. The number of aliphatic hydroxyl groups excluding tert-OH is 1. The Hall–Kier alpha value is -3.23. The lowest BCUT2D eigenvalue weighted by Gasteiger charge is -2.13. The van der Waals surface area contributed by atoms with E-state index in [1.54, 1.807) is 24.7 Å². The minimum atomic E-state index is -0.596. The molecule has 1 atom stereocenters. The van der Waals surface area contributed by atoms with E-state index in [0.717, 1.165) is 42.8 Å². The largest absolute Gasteiger partial charge is 0.492 e. The highest BCUT2D eigenvalue weighted by Gasteiger charge is 2.20. The molecule has 8 nitrogen and oxygen atoms in total. The molecule has 1 aromatic carbocycles. The lowest BCUT2D eigenvalue weighted by atomic mass is 10.1. The Bertz CT molecular complexity index is 985. The fourth-order valence-corrected chi connectivity index (χ4v) is 3.63. The second-order valence-corrected chi connectivity index (χ2v) is 7.77. The monoisotopic (exact) mass is 436 g/mol. The van der Waals surface area contributed by atoms with Crippen LogP contribution in [-0.4, -0.2) is 58.7 Å². The molecule has 3 aromatic rings. The number of carbonyl (C=O) groups excluding carboxylic acids is 1. The highest BCUT2D eigenvalue weighted by molar-refractivity contribution is 5.78. The van der Waals surface area contributed by atoms with Crippen LogP contribution in [-0.2, 0) is 11.2 Å². The summed E-state index contributed by atoms with van der Waals surface area (Å²) in [6, 6.07) is 11.2. The standard InChI is InChI=1S/C24H28N4O4/c29-22(19-4-3-9-25-15-19)16-26-10-13-31-20-7-5-18(6-8-20)21-17-32-23(27-21)14-24(30)28-11-1-2-12-28/h3-9,15,17,22,26,29H,1-2,10-14,16H2/t22-/m0/s1. The van der Waals surface area contributed by atoms with Crippen molar-refractivity contribution in [3.63, 3.8) is 0 Å². The number of carbonyl (C=O) groups is 1. The number of benzene rings is 1. The zero-order chi connectivity index (χ0) is 22.2. The van der Waals surface area contributed by atoms with Gasteiger partial charge in [-0.25, -0.2) is 4.98 Å². The molecule has 0 radical (unpaired) electrons. The number of amides is 1. The van der Waals surface area contributed by atoms with Crippen molar-refractivity contribution < 1.29 is 19.1 Å². The van der Waals surface area contributed by atoms with E-state index >= 15 is 0 Å². The number of likely N-dealkylation sites (tertiary alicyclic amines) is 1. The van der Waals surface area contributed by atoms with Crippen molar-refractivity contribution in [2.45, 2.75) is 25.4 Å². The Morgan fingerprint density at radius 2 is 2.03 bits per heavy atom. The topological polar surface area (TPSA) is 101 Å². The van der Waals surface area contributed by atoms with Crippen molar-refractivity contribution in [2.24, 2.45) is 0 Å². The summed E-state index contributed by atoms with van der Waals surface area (Å²) in [5.74, 6) is 1.26. The molecule has 0 aliphatic carbocycles. The molecule has 8 heteroatoms. The Labute approximate surface area is 187 Å². The second kappa shape index (κ2) is 10.9. The number of nitrogens with one attached hydrogen (secondary N) is 1. The molecule has 32 heavy (non-hydrogen) atoms. The summed E-state index contributed by atoms with van der Waals surface area (Å²) >= 11 is 0. The van der Waals surface area contributed by atoms with E-state index in [2.05, 4.69) is 15.3 Å². The van der Waals surface area contributed by atoms with Gasteiger partial charge in [-0.1, -0.05) is 6.07 Å². The molecule has 168 valence electrons. The van der Waals surface area contributed by atoms with E-state index in [1.807, 2.05) is 35.2 Å². The number of aromatic nitrogens is 2. The molecular formula is C24H28N4O4. The summed E-state index contributed by atoms with van der Waals surface area (Å²) in [6.45, 7) is 3.17. The first-order valence-corrected chi connectivity index (χ1v) is 10.9. The predicted octanol–water partition coefficient (Wildman–Crippen LogP) is 2.60. The van der Waals surface area contributed by atoms with Gasteiger partial charge in [0.25, 0.3) is 0 Å². The van der Waals surface area contributed by atoms with E-state index < -0.39 is 6.10 Å². The zero-order valence-corrected chi connectivity index (χ0v) is 17.9. The number of rotatable bonds is 10. The van der Waals surface area contributed by atoms with Crippen LogP contribution in [0, 0.1) is 0 Å². The number of oxazole rings is 1. The van der Waals surface area contributed by atoms with Gasteiger partial charge in [0.05, 0.1) is 6.10 Å². The van der Waals surface area contributed by atoms with Gasteiger partial charge in [0.15, 0.2) is 0 Å². The SMILES string of the molecule is O=C(Cc1nc(-c2ccc(OCCNC[C@H](O)c3cccnc3)cc2)co1)N1CCCC1. The molecule has 0 spiro atoms. The summed E-state index contributed by atoms with van der Waals surface area (Å²) in [5, 5.41) is 13.3. The van der Waals surface area contributed by atoms with Gasteiger partial charge >= 0.3 is 0 Å². The van der Waals surface area contributed by atoms with E-state index in [0.29, 0.717) is 31.3 Å². The maximum Gasteiger partial charge on any atom is 0.231 e. The quantitative estimate of drug-likeness (QED) is 0.471. The first kappa shape index (κ1) is 22.0. The van der Waals surface area contributed by atoms with Crippen LogP contribution in [0.2, 0.25) is 0 Å². The molecule has 0 saturated carbocycles. The van der Waals surface area contributed by atoms with Gasteiger partial charge in [0.1, 0.15) is 30.7 Å². The summed E-state index contributed by atoms with van der Waals surface area (Å²) in [5.41, 5.74) is 2.39. The summed E-state index contributed by atoms with van der Waals surface area (Å²) < 4.78 is 11.2. The first-order chi connectivity index (χ1) is 15.7. The van der Waals surface area contributed by atoms with Crippen LogP contribution < -0.4 is 10.1 Å². The van der Waals surface area contributed by atoms with Gasteiger partial charge in [-0.15, -0.1) is 0 Å². The number of nitrogens with zero attached hydrogens (tertiary/aromatic N) is 3. The molecule has 0 unspecified atom stereocenters. The van der Waals surface area contributed by atoms with Crippen molar-refractivity contribution in [1.82, 2.24) is 20.2 Å². The maximum absolute atomic E-state index is 12.2. The van der Waals surface area contributed by atoms with E-state index in [1.165, 1.54) is 0 Å². The molecule has 3 heterocycles. The highest BCUT2D eigenvalue weighted by atomic mass is 16.5. The molecule has 1 aliphatic heterocycles. The van der Waals surface area contributed by atoms with Crippen LogP contribution in [0.1, 0.15) is 30.4 Å². The molecule has 1 fully saturated rings. The lowest BCUT2D eigenvalue weighted by molar-refractivity contribution is -0.129. The van der Waals surface area contributed by atoms with Crippen LogP contribution in [0.15, 0.2) is 59.5 Å². The lowest BCUT2D eigenvalue weighted by Crippen LogP contribution is -2.29. The Kier molecular flexibility index (Phi) is 7.47. The average molecular weight is 437 g/mol. The molecule has 2 aromatic heterocycles. The van der Waals surface area contributed by atoms with Gasteiger partial charge < -0.3 is 24.5 Å². The Balaban J connectivity index is 1.20. The number of hydrogen-bond acceptors (Lipinski definition) is 7. The van der Waals surface area contributed by atoms with E-state index in [4.69, 9.17) is 9.15 Å². The van der Waals surface area contributed by atoms with Crippen molar-refractivity contribution in [3.05, 3.63) is 66.5 Å². The fourth-order valence-electron chi connectivity index (χ4n) is 3.63. The fraction of sp³-hybridized carbons (Fsp3) is 0.375. The maximum atomic E-state index is 12.2. The minimum Gasteiger partial charge on any atom is -0.492 e. The Morgan fingerprint density at radius 3 is 2.78 bits per heavy atom. The van der Waals surface area contributed by atoms with Gasteiger partial charge in [0.2, 0.25) is 11.8 Å². The first-order valence-electron chi connectivity index (χ1n) is 10.9. The highest BCUT2D eigenvalue weighted by Crippen LogP contribution is 2.22. The molecule has 1 saturated heterocycles. The summed E-state index contributed by atoms with van der Waals surface area (Å²) in [4.78, 5) is 22.6. The summed E-state index contributed by atoms with van der Waals surface area (Å²) in [7, 11) is 0. The normalized spacial score (nSPS) is 14.5. The molecule has 1 amide bonds. The number of aliphatic hydroxyl groups is 1. The van der Waals surface area contributed by atoms with Crippen molar-refractivity contribution in [1.29, 1.82) is 0 Å². The van der Waals surface area contributed by atoms with Crippen molar-refractivity contribution in [2.75, 3.05) is 32.8 Å². The van der Waals surface area contributed by atoms with Crippen LogP contribution in [0.25, 0.3) is 11.3 Å². The van der Waals surface area contributed by atoms with Gasteiger partial charge in [0, 0.05) is 49.7 Å². The third-order valence-corrected chi connectivity index (χ3v) is 5.42. The van der Waals surface area contributed by atoms with E-state index in [-0.39, 0.29) is 12.3 Å². The third kappa shape index (κ3) is 5.93. The third-order valence-electron chi connectivity index (χ3n) is 5.42. The minimum absolute atomic E-state index is 0.0706. The van der Waals surface area contributed by atoms with E-state index in [9.17, 15) is 9.90 Å². The van der Waals surface area contributed by atoms with Crippen LogP contribution in [0.4, 0.5) is 0 Å². The molecule has 4 rings (SSSR count). The van der Waals surface area contributed by atoms with Crippen LogP contribution >= 0.6 is 0 Å². The smallest absolute Gasteiger partial charge is 0.231 e. The molecule has 0 bridgehead atoms. The average Bonchev–Trinajstić information content (AvgIpc) is 3.52. The van der Waals surface area contributed by atoms with Gasteiger partial charge in [-0.2, -0.15) is 0 Å². The number of ether oxygens (including phenoxy) is 1. The van der Waals surface area contributed by atoms with Crippen LogP contribution in [0.5, 0.6) is 5.75 Å². The second-order valence-electron chi connectivity index (χ2n) is 7.77. The number of pyridine rings is 1. The molecule has 1 aliphatic rings. The summed E-state index contributed by atoms with van der Waals surface area (Å²) in [6.07, 6.45) is 6.67. The Morgan fingerprint density at radius 1 is 1.22 bits per heavy atom.